The van der Waals surface area contributed by atoms with Gasteiger partial charge in [0.05, 0.1) is 18.1 Å². The van der Waals surface area contributed by atoms with E-state index in [0.29, 0.717) is 17.2 Å². The van der Waals surface area contributed by atoms with Gasteiger partial charge in [0.1, 0.15) is 17.3 Å². The summed E-state index contributed by atoms with van der Waals surface area (Å²) in [6, 6.07) is 6.33. The number of hydrogen-bond acceptors (Lipinski definition) is 7. The van der Waals surface area contributed by atoms with Crippen LogP contribution in [0.25, 0.3) is 4.83 Å². The summed E-state index contributed by atoms with van der Waals surface area (Å²) in [5.74, 6) is 0.462. The summed E-state index contributed by atoms with van der Waals surface area (Å²) in [5, 5.41) is 26.1. The van der Waals surface area contributed by atoms with Crippen LogP contribution in [0, 0.1) is 0 Å². The van der Waals surface area contributed by atoms with Crippen molar-refractivity contribution in [1.82, 2.24) is 9.38 Å². The lowest BCUT2D eigenvalue weighted by atomic mass is 9.84. The number of benzene rings is 1. The van der Waals surface area contributed by atoms with Crippen LogP contribution in [0.4, 0.5) is 10.5 Å². The number of rotatable bonds is 5. The van der Waals surface area contributed by atoms with E-state index in [0.717, 1.165) is 28.2 Å². The molecule has 2 unspecified atom stereocenters. The highest BCUT2D eigenvalue weighted by Gasteiger charge is 2.46. The van der Waals surface area contributed by atoms with E-state index in [9.17, 15) is 9.90 Å². The number of nitrogens with zero attached hydrogens (tertiary/aromatic N) is 5. The predicted octanol–water partition coefficient (Wildman–Crippen LogP) is 3.14. The largest absolute Gasteiger partial charge is 0.383 e. The van der Waals surface area contributed by atoms with Crippen molar-refractivity contribution >= 4 is 34.1 Å². The van der Waals surface area contributed by atoms with E-state index in [-0.39, 0.29) is 0 Å². The molecule has 2 aliphatic rings. The van der Waals surface area contributed by atoms with Gasteiger partial charge >= 0.3 is 6.03 Å². The third kappa shape index (κ3) is 2.60. The molecule has 0 radical (unpaired) electrons. The van der Waals surface area contributed by atoms with Crippen LogP contribution in [0.15, 0.2) is 52.2 Å². The van der Waals surface area contributed by atoms with E-state index in [1.165, 1.54) is 0 Å². The molecule has 10 heteroatoms. The van der Waals surface area contributed by atoms with Crippen LogP contribution < -0.4 is 11.1 Å². The van der Waals surface area contributed by atoms with E-state index in [4.69, 9.17) is 5.73 Å². The van der Waals surface area contributed by atoms with Crippen molar-refractivity contribution in [3.8, 4) is 0 Å². The number of primary amides is 1. The molecule has 9 nitrogen and oxygen atoms in total. The van der Waals surface area contributed by atoms with Crippen molar-refractivity contribution < 1.29 is 9.90 Å². The van der Waals surface area contributed by atoms with Crippen LogP contribution in [0.1, 0.15) is 41.0 Å². The van der Waals surface area contributed by atoms with Gasteiger partial charge in [-0.2, -0.15) is 0 Å². The number of fused-ring (bicyclic) bond motifs is 1. The zero-order valence-electron chi connectivity index (χ0n) is 14.7. The van der Waals surface area contributed by atoms with E-state index in [2.05, 4.69) is 25.7 Å². The molecule has 28 heavy (non-hydrogen) atoms. The summed E-state index contributed by atoms with van der Waals surface area (Å²) < 4.78 is 1.93. The normalized spacial score (nSPS) is 22.0. The standard InChI is InChI=1S/C18H17N7O2S/c19-17(27)22-12-5-3-11(4-6-12)18(8-21-24-23-18)16(26)14-15(10-1-2-10)28-13-7-20-9-25(13)14/h3-10,16,26H,1-2H2,(H3,19,22,27). The number of anilines is 1. The molecule has 0 bridgehead atoms. The number of imidazole rings is 1. The van der Waals surface area contributed by atoms with Gasteiger partial charge in [-0.05, 0) is 41.7 Å². The van der Waals surface area contributed by atoms with E-state index in [1.807, 2.05) is 4.40 Å². The van der Waals surface area contributed by atoms with Crippen molar-refractivity contribution in [2.45, 2.75) is 30.4 Å². The number of nitrogens with one attached hydrogen (secondary N) is 1. The fraction of sp³-hybridized carbons (Fsp3) is 0.278. The SMILES string of the molecule is NC(=O)Nc1ccc(C2(C(O)c3c(C4CC4)sc4cncn34)C=NN=N2)cc1. The first-order valence-corrected chi connectivity index (χ1v) is 9.66. The molecule has 1 saturated carbocycles. The first kappa shape index (κ1) is 17.0. The predicted molar refractivity (Wildman–Crippen MR) is 105 cm³/mol. The second-order valence-electron chi connectivity index (χ2n) is 6.96. The number of aliphatic hydroxyl groups is 1. The summed E-state index contributed by atoms with van der Waals surface area (Å²) in [5.41, 5.74) is 6.07. The molecule has 5 rings (SSSR count). The van der Waals surface area contributed by atoms with Gasteiger partial charge < -0.3 is 16.2 Å². The summed E-state index contributed by atoms with van der Waals surface area (Å²) >= 11 is 1.65. The Balaban J connectivity index is 1.60. The molecule has 1 fully saturated rings. The van der Waals surface area contributed by atoms with Crippen LogP contribution in [-0.2, 0) is 5.54 Å². The molecule has 2 atom stereocenters. The molecule has 1 aliphatic heterocycles. The van der Waals surface area contributed by atoms with Crippen LogP contribution in [0.3, 0.4) is 0 Å². The molecule has 0 spiro atoms. The molecule has 2 amide bonds. The summed E-state index contributed by atoms with van der Waals surface area (Å²) in [7, 11) is 0. The lowest BCUT2D eigenvalue weighted by molar-refractivity contribution is 0.116. The quantitative estimate of drug-likeness (QED) is 0.613. The number of thiazole rings is 1. The van der Waals surface area contributed by atoms with Crippen molar-refractivity contribution in [1.29, 1.82) is 0 Å². The summed E-state index contributed by atoms with van der Waals surface area (Å²) in [6.45, 7) is 0. The lowest BCUT2D eigenvalue weighted by Gasteiger charge is -2.28. The van der Waals surface area contributed by atoms with Crippen LogP contribution in [-0.4, -0.2) is 26.7 Å². The molecule has 0 saturated heterocycles. The first-order chi connectivity index (χ1) is 13.6. The average molecular weight is 395 g/mol. The lowest BCUT2D eigenvalue weighted by Crippen LogP contribution is -2.33. The van der Waals surface area contributed by atoms with E-state index in [1.54, 1.807) is 54.3 Å². The number of carbonyl (C=O) groups is 1. The minimum atomic E-state index is -1.15. The van der Waals surface area contributed by atoms with Crippen molar-refractivity contribution in [3.63, 3.8) is 0 Å². The van der Waals surface area contributed by atoms with Gasteiger partial charge in [-0.1, -0.05) is 12.1 Å². The Morgan fingerprint density at radius 1 is 1.36 bits per heavy atom. The third-order valence-corrected chi connectivity index (χ3v) is 6.36. The number of urea groups is 1. The molecular formula is C18H17N7O2S. The maximum atomic E-state index is 11.5. The molecular weight excluding hydrogens is 378 g/mol. The number of carbonyl (C=O) groups excluding carboxylic acids is 1. The Morgan fingerprint density at radius 3 is 2.79 bits per heavy atom. The number of hydrogen-bond donors (Lipinski definition) is 3. The maximum Gasteiger partial charge on any atom is 0.316 e. The van der Waals surface area contributed by atoms with Gasteiger partial charge in [-0.15, -0.1) is 21.6 Å². The second kappa shape index (κ2) is 6.21. The number of aromatic nitrogens is 2. The average Bonchev–Trinajstić information content (AvgIpc) is 3.08. The fourth-order valence-corrected chi connectivity index (χ4v) is 4.85. The minimum Gasteiger partial charge on any atom is -0.383 e. The Bertz CT molecular complexity index is 1100. The Labute approximate surface area is 163 Å². The molecule has 4 N–H and O–H groups in total. The fourth-order valence-electron chi connectivity index (χ4n) is 3.55. The Kier molecular flexibility index (Phi) is 3.78. The molecule has 1 aromatic carbocycles. The highest BCUT2D eigenvalue weighted by Crippen LogP contribution is 2.50. The van der Waals surface area contributed by atoms with E-state index >= 15 is 0 Å². The molecule has 3 heterocycles. The maximum absolute atomic E-state index is 11.5. The third-order valence-electron chi connectivity index (χ3n) is 5.09. The molecule has 1 aliphatic carbocycles. The van der Waals surface area contributed by atoms with Gasteiger partial charge in [0.2, 0.25) is 0 Å². The molecule has 142 valence electrons. The van der Waals surface area contributed by atoms with Gasteiger partial charge in [0, 0.05) is 10.6 Å². The zero-order chi connectivity index (χ0) is 19.3. The summed E-state index contributed by atoms with van der Waals surface area (Å²) in [4.78, 5) is 17.4. The first-order valence-electron chi connectivity index (χ1n) is 8.84. The van der Waals surface area contributed by atoms with Gasteiger partial charge in [-0.25, -0.2) is 9.78 Å². The molecule has 3 aromatic rings. The zero-order valence-corrected chi connectivity index (χ0v) is 15.5. The van der Waals surface area contributed by atoms with Gasteiger partial charge in [0.15, 0.2) is 5.54 Å². The van der Waals surface area contributed by atoms with Gasteiger partial charge in [-0.3, -0.25) is 4.40 Å². The number of amides is 2. The highest BCUT2D eigenvalue weighted by atomic mass is 32.1. The Hall–Kier alpha value is -3.11. The van der Waals surface area contributed by atoms with Crippen molar-refractivity contribution in [3.05, 3.63) is 52.9 Å². The number of aliphatic hydroxyl groups excluding tert-OH is 1. The van der Waals surface area contributed by atoms with E-state index < -0.39 is 17.7 Å². The van der Waals surface area contributed by atoms with Crippen molar-refractivity contribution in [2.75, 3.05) is 5.32 Å². The Morgan fingerprint density at radius 2 is 2.14 bits per heavy atom. The number of nitrogens with two attached hydrogens (primary N) is 1. The minimum absolute atomic E-state index is 0.462. The highest BCUT2D eigenvalue weighted by molar-refractivity contribution is 7.17. The smallest absolute Gasteiger partial charge is 0.316 e. The van der Waals surface area contributed by atoms with Crippen molar-refractivity contribution in [2.24, 2.45) is 21.2 Å². The topological polar surface area (TPSA) is 130 Å². The molecule has 2 aromatic heterocycles. The van der Waals surface area contributed by atoms with Crippen LogP contribution in [0.5, 0.6) is 0 Å². The second-order valence-corrected chi connectivity index (χ2v) is 8.02. The van der Waals surface area contributed by atoms with Crippen LogP contribution >= 0.6 is 11.3 Å². The van der Waals surface area contributed by atoms with Gasteiger partial charge in [0.25, 0.3) is 0 Å². The summed E-state index contributed by atoms with van der Waals surface area (Å²) in [6.07, 6.45) is 6.32. The monoisotopic (exact) mass is 395 g/mol. The van der Waals surface area contributed by atoms with Crippen LogP contribution in [0.2, 0.25) is 0 Å².